The van der Waals surface area contributed by atoms with Crippen molar-refractivity contribution in [3.8, 4) is 0 Å². The molecule has 0 amide bonds. The monoisotopic (exact) mass is 233 g/mol. The lowest BCUT2D eigenvalue weighted by Gasteiger charge is -2.29. The molecule has 2 nitrogen and oxygen atoms in total. The highest BCUT2D eigenvalue weighted by atomic mass is 16.5. The number of rotatable bonds is 5. The number of benzene rings is 1. The van der Waals surface area contributed by atoms with Gasteiger partial charge >= 0.3 is 0 Å². The van der Waals surface area contributed by atoms with Gasteiger partial charge in [0.2, 0.25) is 0 Å². The normalized spacial score (nSPS) is 24.8. The summed E-state index contributed by atoms with van der Waals surface area (Å²) in [4.78, 5) is 0. The van der Waals surface area contributed by atoms with E-state index in [0.29, 0.717) is 6.10 Å². The number of nitrogens with one attached hydrogen (secondary N) is 1. The highest BCUT2D eigenvalue weighted by Crippen LogP contribution is 2.16. The zero-order valence-electron chi connectivity index (χ0n) is 10.7. The van der Waals surface area contributed by atoms with Crippen LogP contribution in [-0.2, 0) is 11.3 Å². The van der Waals surface area contributed by atoms with E-state index in [1.165, 1.54) is 31.2 Å². The number of hydrogen-bond acceptors (Lipinski definition) is 2. The summed E-state index contributed by atoms with van der Waals surface area (Å²) in [7, 11) is 0. The van der Waals surface area contributed by atoms with Crippen molar-refractivity contribution in [2.24, 2.45) is 0 Å². The second kappa shape index (κ2) is 6.77. The van der Waals surface area contributed by atoms with Crippen LogP contribution in [-0.4, -0.2) is 18.7 Å². The summed E-state index contributed by atoms with van der Waals surface area (Å²) >= 11 is 0. The quantitative estimate of drug-likeness (QED) is 0.843. The first-order valence-corrected chi connectivity index (χ1v) is 6.77. The SMILES string of the molecule is CCC[C@H]1CC[C@@H](OCc2ccccc2)CN1. The lowest BCUT2D eigenvalue weighted by molar-refractivity contribution is 0.0175. The van der Waals surface area contributed by atoms with Gasteiger partial charge in [-0.25, -0.2) is 0 Å². The van der Waals surface area contributed by atoms with Crippen LogP contribution in [0.15, 0.2) is 30.3 Å². The van der Waals surface area contributed by atoms with Crippen LogP contribution in [0.3, 0.4) is 0 Å². The van der Waals surface area contributed by atoms with Gasteiger partial charge in [0.1, 0.15) is 0 Å². The predicted molar refractivity (Wildman–Crippen MR) is 71.0 cm³/mol. The van der Waals surface area contributed by atoms with E-state index in [2.05, 4.69) is 36.5 Å². The second-order valence-corrected chi connectivity index (χ2v) is 4.89. The van der Waals surface area contributed by atoms with Gasteiger partial charge < -0.3 is 10.1 Å². The van der Waals surface area contributed by atoms with E-state index in [1.54, 1.807) is 0 Å². The van der Waals surface area contributed by atoms with Crippen LogP contribution < -0.4 is 5.32 Å². The first kappa shape index (κ1) is 12.6. The van der Waals surface area contributed by atoms with Crippen LogP contribution in [0.2, 0.25) is 0 Å². The van der Waals surface area contributed by atoms with Crippen molar-refractivity contribution in [3.05, 3.63) is 35.9 Å². The summed E-state index contributed by atoms with van der Waals surface area (Å²) in [6.07, 6.45) is 5.42. The molecule has 2 rings (SSSR count). The minimum absolute atomic E-state index is 0.392. The van der Waals surface area contributed by atoms with Gasteiger partial charge in [-0.2, -0.15) is 0 Å². The van der Waals surface area contributed by atoms with Crippen molar-refractivity contribution < 1.29 is 4.74 Å². The lowest BCUT2D eigenvalue weighted by Crippen LogP contribution is -2.42. The van der Waals surface area contributed by atoms with Crippen LogP contribution in [0.5, 0.6) is 0 Å². The Kier molecular flexibility index (Phi) is 5.02. The molecule has 1 aromatic carbocycles. The Bertz CT molecular complexity index is 304. The van der Waals surface area contributed by atoms with Gasteiger partial charge in [0, 0.05) is 12.6 Å². The van der Waals surface area contributed by atoms with E-state index < -0.39 is 0 Å². The predicted octanol–water partition coefficient (Wildman–Crippen LogP) is 3.12. The largest absolute Gasteiger partial charge is 0.372 e. The minimum Gasteiger partial charge on any atom is -0.372 e. The third-order valence-corrected chi connectivity index (χ3v) is 3.44. The molecule has 94 valence electrons. The first-order valence-electron chi connectivity index (χ1n) is 6.77. The van der Waals surface area contributed by atoms with E-state index in [-0.39, 0.29) is 0 Å². The van der Waals surface area contributed by atoms with Gasteiger partial charge in [0.25, 0.3) is 0 Å². The Hall–Kier alpha value is -0.860. The molecular formula is C15H23NO. The lowest BCUT2D eigenvalue weighted by atomic mass is 9.99. The molecule has 0 aromatic heterocycles. The maximum absolute atomic E-state index is 5.93. The zero-order valence-corrected chi connectivity index (χ0v) is 10.7. The smallest absolute Gasteiger partial charge is 0.0721 e. The van der Waals surface area contributed by atoms with Crippen LogP contribution in [0.25, 0.3) is 0 Å². The Morgan fingerprint density at radius 1 is 1.24 bits per heavy atom. The molecule has 0 unspecified atom stereocenters. The fourth-order valence-electron chi connectivity index (χ4n) is 2.41. The highest BCUT2D eigenvalue weighted by Gasteiger charge is 2.19. The molecule has 0 spiro atoms. The molecule has 1 aromatic rings. The summed E-state index contributed by atoms with van der Waals surface area (Å²) in [5, 5.41) is 3.58. The summed E-state index contributed by atoms with van der Waals surface area (Å²) in [5.74, 6) is 0. The van der Waals surface area contributed by atoms with Crippen molar-refractivity contribution in [3.63, 3.8) is 0 Å². The maximum Gasteiger partial charge on any atom is 0.0721 e. The molecule has 2 heteroatoms. The summed E-state index contributed by atoms with van der Waals surface area (Å²) in [5.41, 5.74) is 1.27. The third kappa shape index (κ3) is 4.14. The molecule has 1 saturated heterocycles. The standard InChI is InChI=1S/C15H23NO/c1-2-6-14-9-10-15(11-16-14)17-12-13-7-4-3-5-8-13/h3-5,7-8,14-16H,2,6,9-12H2,1H3/t14-,15+/m0/s1. The van der Waals surface area contributed by atoms with Gasteiger partial charge in [-0.3, -0.25) is 0 Å². The third-order valence-electron chi connectivity index (χ3n) is 3.44. The zero-order chi connectivity index (χ0) is 11.9. The molecule has 2 atom stereocenters. The average Bonchev–Trinajstić information content (AvgIpc) is 2.40. The van der Waals surface area contributed by atoms with E-state index in [4.69, 9.17) is 4.74 Å². The van der Waals surface area contributed by atoms with Gasteiger partial charge in [-0.05, 0) is 24.8 Å². The van der Waals surface area contributed by atoms with E-state index in [9.17, 15) is 0 Å². The fourth-order valence-corrected chi connectivity index (χ4v) is 2.41. The fraction of sp³-hybridized carbons (Fsp3) is 0.600. The second-order valence-electron chi connectivity index (χ2n) is 4.89. The summed E-state index contributed by atoms with van der Waals surface area (Å²) in [6.45, 7) is 4.00. The Morgan fingerprint density at radius 2 is 2.06 bits per heavy atom. The van der Waals surface area contributed by atoms with Gasteiger partial charge in [0.15, 0.2) is 0 Å². The van der Waals surface area contributed by atoms with Crippen molar-refractivity contribution in [1.29, 1.82) is 0 Å². The molecule has 1 aliphatic rings. The first-order chi connectivity index (χ1) is 8.38. The highest BCUT2D eigenvalue weighted by molar-refractivity contribution is 5.13. The van der Waals surface area contributed by atoms with Crippen molar-refractivity contribution in [1.82, 2.24) is 5.32 Å². The summed E-state index contributed by atoms with van der Waals surface area (Å²) in [6, 6.07) is 11.1. The van der Waals surface area contributed by atoms with Crippen LogP contribution in [0, 0.1) is 0 Å². The molecular weight excluding hydrogens is 210 g/mol. The van der Waals surface area contributed by atoms with Crippen molar-refractivity contribution in [2.45, 2.75) is 51.4 Å². The number of piperidine rings is 1. The summed E-state index contributed by atoms with van der Waals surface area (Å²) < 4.78 is 5.93. The molecule has 1 heterocycles. The number of hydrogen-bond donors (Lipinski definition) is 1. The van der Waals surface area contributed by atoms with Gasteiger partial charge in [0.05, 0.1) is 12.7 Å². The van der Waals surface area contributed by atoms with Gasteiger partial charge in [-0.1, -0.05) is 43.7 Å². The Morgan fingerprint density at radius 3 is 2.71 bits per heavy atom. The van der Waals surface area contributed by atoms with E-state index in [1.807, 2.05) is 6.07 Å². The minimum atomic E-state index is 0.392. The Labute approximate surface area is 104 Å². The van der Waals surface area contributed by atoms with E-state index >= 15 is 0 Å². The molecule has 1 fully saturated rings. The molecule has 0 aliphatic carbocycles. The van der Waals surface area contributed by atoms with Crippen molar-refractivity contribution in [2.75, 3.05) is 6.54 Å². The van der Waals surface area contributed by atoms with Crippen molar-refractivity contribution >= 4 is 0 Å². The van der Waals surface area contributed by atoms with Crippen LogP contribution in [0.4, 0.5) is 0 Å². The van der Waals surface area contributed by atoms with E-state index in [0.717, 1.165) is 19.2 Å². The Balaban J connectivity index is 1.68. The van der Waals surface area contributed by atoms with Crippen LogP contribution >= 0.6 is 0 Å². The molecule has 17 heavy (non-hydrogen) atoms. The molecule has 0 saturated carbocycles. The maximum atomic E-state index is 5.93. The van der Waals surface area contributed by atoms with Crippen LogP contribution in [0.1, 0.15) is 38.2 Å². The molecule has 0 bridgehead atoms. The topological polar surface area (TPSA) is 21.3 Å². The van der Waals surface area contributed by atoms with Gasteiger partial charge in [-0.15, -0.1) is 0 Å². The molecule has 1 aliphatic heterocycles. The molecule has 0 radical (unpaired) electrons. The number of ether oxygens (including phenoxy) is 1. The molecule has 1 N–H and O–H groups in total. The average molecular weight is 233 g/mol.